The first-order valence-corrected chi connectivity index (χ1v) is 11.0. The summed E-state index contributed by atoms with van der Waals surface area (Å²) in [4.78, 5) is 18.3. The fraction of sp³-hybridized carbons (Fsp3) is 0.280. The van der Waals surface area contributed by atoms with Crippen LogP contribution < -0.4 is 10.2 Å². The fourth-order valence-electron chi connectivity index (χ4n) is 3.69. The van der Waals surface area contributed by atoms with Gasteiger partial charge in [-0.1, -0.05) is 29.8 Å². The van der Waals surface area contributed by atoms with Gasteiger partial charge in [0.2, 0.25) is 5.91 Å². The molecule has 0 bridgehead atoms. The van der Waals surface area contributed by atoms with Gasteiger partial charge in [-0.3, -0.25) is 9.78 Å². The summed E-state index contributed by atoms with van der Waals surface area (Å²) in [6.07, 6.45) is -2.33. The number of nitrogens with one attached hydrogen (secondary N) is 1. The van der Waals surface area contributed by atoms with Crippen LogP contribution in [-0.4, -0.2) is 24.5 Å². The summed E-state index contributed by atoms with van der Waals surface area (Å²) in [6, 6.07) is 13.1. The maximum absolute atomic E-state index is 14.0. The van der Waals surface area contributed by atoms with Crippen LogP contribution in [-0.2, 0) is 17.4 Å². The summed E-state index contributed by atoms with van der Waals surface area (Å²) < 4.78 is 52.3. The summed E-state index contributed by atoms with van der Waals surface area (Å²) in [6.45, 7) is 2.01. The molecule has 0 fully saturated rings. The molecule has 1 aromatic heterocycles. The van der Waals surface area contributed by atoms with Crippen LogP contribution in [0.4, 0.5) is 23.2 Å². The van der Waals surface area contributed by atoms with Crippen LogP contribution in [0.25, 0.3) is 0 Å². The van der Waals surface area contributed by atoms with Gasteiger partial charge < -0.3 is 10.2 Å². The molecule has 1 heterocycles. The van der Waals surface area contributed by atoms with Crippen LogP contribution in [0.5, 0.6) is 0 Å². The minimum atomic E-state index is -4.49. The van der Waals surface area contributed by atoms with Crippen molar-refractivity contribution >= 4 is 23.2 Å². The minimum Gasteiger partial charge on any atom is -0.357 e. The largest absolute Gasteiger partial charge is 0.433 e. The molecule has 1 amide bonds. The topological polar surface area (TPSA) is 45.2 Å². The maximum atomic E-state index is 14.0. The molecular weight excluding hydrogens is 470 g/mol. The molecule has 2 aromatic carbocycles. The first-order valence-electron chi connectivity index (χ1n) is 10.6. The van der Waals surface area contributed by atoms with Gasteiger partial charge in [-0.15, -0.1) is 0 Å². The van der Waals surface area contributed by atoms with Crippen LogP contribution in [0, 0.1) is 12.7 Å². The summed E-state index contributed by atoms with van der Waals surface area (Å²) in [7, 11) is 1.53. The van der Waals surface area contributed by atoms with Crippen molar-refractivity contribution in [3.05, 3.63) is 94.0 Å². The Morgan fingerprint density at radius 1 is 1.15 bits per heavy atom. The normalized spacial score (nSPS) is 12.3. The van der Waals surface area contributed by atoms with Gasteiger partial charge in [-0.05, 0) is 72.9 Å². The molecule has 1 unspecified atom stereocenters. The first kappa shape index (κ1) is 25.5. The van der Waals surface area contributed by atoms with E-state index in [1.54, 1.807) is 43.3 Å². The number of carbonyl (C=O) groups is 1. The Morgan fingerprint density at radius 2 is 1.91 bits per heavy atom. The van der Waals surface area contributed by atoms with Crippen LogP contribution >= 0.6 is 11.6 Å². The van der Waals surface area contributed by atoms with Gasteiger partial charge in [0.25, 0.3) is 0 Å². The molecule has 4 nitrogen and oxygen atoms in total. The van der Waals surface area contributed by atoms with E-state index in [4.69, 9.17) is 11.6 Å². The first-order chi connectivity index (χ1) is 16.1. The number of alkyl halides is 3. The summed E-state index contributed by atoms with van der Waals surface area (Å²) in [5.74, 6) is -0.640. The lowest BCUT2D eigenvalue weighted by Crippen LogP contribution is -2.40. The van der Waals surface area contributed by atoms with E-state index in [1.807, 2.05) is 4.90 Å². The van der Waals surface area contributed by atoms with Crippen molar-refractivity contribution in [2.24, 2.45) is 0 Å². The van der Waals surface area contributed by atoms with E-state index in [-0.39, 0.29) is 11.7 Å². The van der Waals surface area contributed by atoms with Crippen LogP contribution in [0.1, 0.15) is 34.8 Å². The molecule has 0 saturated carbocycles. The second-order valence-corrected chi connectivity index (χ2v) is 8.29. The van der Waals surface area contributed by atoms with E-state index in [2.05, 4.69) is 10.3 Å². The molecule has 3 rings (SSSR count). The van der Waals surface area contributed by atoms with E-state index in [1.165, 1.54) is 25.4 Å². The lowest BCUT2D eigenvalue weighted by atomic mass is 10.0. The number of amides is 1. The van der Waals surface area contributed by atoms with Gasteiger partial charge in [0, 0.05) is 30.5 Å². The second-order valence-electron chi connectivity index (χ2n) is 7.85. The molecule has 1 N–H and O–H groups in total. The number of likely N-dealkylation sites (N-methyl/N-ethyl adjacent to an activating group) is 1. The molecule has 3 aromatic rings. The average Bonchev–Trinajstić information content (AvgIpc) is 2.80. The van der Waals surface area contributed by atoms with Gasteiger partial charge in [-0.25, -0.2) is 4.39 Å². The number of aromatic nitrogens is 1. The van der Waals surface area contributed by atoms with Crippen molar-refractivity contribution in [1.82, 2.24) is 10.3 Å². The Hall–Kier alpha value is -3.13. The monoisotopic (exact) mass is 493 g/mol. The maximum Gasteiger partial charge on any atom is 0.433 e. The highest BCUT2D eigenvalue weighted by atomic mass is 35.5. The highest BCUT2D eigenvalue weighted by Crippen LogP contribution is 2.31. The second kappa shape index (κ2) is 10.9. The fourth-order valence-corrected chi connectivity index (χ4v) is 3.89. The molecule has 1 atom stereocenters. The Balaban J connectivity index is 1.90. The summed E-state index contributed by atoms with van der Waals surface area (Å²) in [5.41, 5.74) is 1.42. The van der Waals surface area contributed by atoms with Crippen molar-refractivity contribution < 1.29 is 22.4 Å². The predicted molar refractivity (Wildman–Crippen MR) is 124 cm³/mol. The van der Waals surface area contributed by atoms with Gasteiger partial charge >= 0.3 is 6.18 Å². The highest BCUT2D eigenvalue weighted by molar-refractivity contribution is 6.30. The molecule has 0 spiro atoms. The number of halogens is 5. The van der Waals surface area contributed by atoms with Gasteiger partial charge in [0.15, 0.2) is 0 Å². The average molecular weight is 494 g/mol. The molecule has 0 aliphatic carbocycles. The van der Waals surface area contributed by atoms with E-state index < -0.39 is 17.9 Å². The Labute approximate surface area is 200 Å². The van der Waals surface area contributed by atoms with E-state index in [9.17, 15) is 22.4 Å². The minimum absolute atomic E-state index is 0.277. The van der Waals surface area contributed by atoms with E-state index in [0.29, 0.717) is 46.8 Å². The van der Waals surface area contributed by atoms with Crippen LogP contribution in [0.2, 0.25) is 5.02 Å². The van der Waals surface area contributed by atoms with Crippen molar-refractivity contribution in [1.29, 1.82) is 0 Å². The van der Waals surface area contributed by atoms with Crippen molar-refractivity contribution in [3.63, 3.8) is 0 Å². The molecule has 0 aliphatic heterocycles. The van der Waals surface area contributed by atoms with Gasteiger partial charge in [0.1, 0.15) is 17.6 Å². The number of pyridine rings is 1. The number of rotatable bonds is 8. The van der Waals surface area contributed by atoms with Crippen molar-refractivity contribution in [2.45, 2.75) is 32.0 Å². The predicted octanol–water partition coefficient (Wildman–Crippen LogP) is 6.13. The lowest BCUT2D eigenvalue weighted by Gasteiger charge is -2.33. The quantitative estimate of drug-likeness (QED) is 0.384. The zero-order chi connectivity index (χ0) is 24.9. The smallest absolute Gasteiger partial charge is 0.357 e. The molecule has 34 heavy (non-hydrogen) atoms. The van der Waals surface area contributed by atoms with E-state index >= 15 is 0 Å². The summed E-state index contributed by atoms with van der Waals surface area (Å²) >= 11 is 6.18. The molecular formula is C25H24ClF4N3O. The molecule has 180 valence electrons. The number of benzene rings is 2. The number of nitrogens with zero attached hydrogens (tertiary/aromatic N) is 2. The third kappa shape index (κ3) is 6.26. The Bertz CT molecular complexity index is 1140. The van der Waals surface area contributed by atoms with Crippen LogP contribution in [0.3, 0.4) is 0 Å². The summed E-state index contributed by atoms with van der Waals surface area (Å²) in [5, 5.41) is 3.14. The molecule has 0 aliphatic rings. The number of hydrogen-bond acceptors (Lipinski definition) is 3. The van der Waals surface area contributed by atoms with Crippen molar-refractivity contribution in [2.75, 3.05) is 18.5 Å². The Morgan fingerprint density at radius 3 is 2.50 bits per heavy atom. The zero-order valence-electron chi connectivity index (χ0n) is 18.7. The molecule has 9 heteroatoms. The number of carbonyl (C=O) groups excluding carboxylic acids is 1. The lowest BCUT2D eigenvalue weighted by molar-refractivity contribution is -0.141. The highest BCUT2D eigenvalue weighted by Gasteiger charge is 2.32. The molecule has 0 radical (unpaired) electrons. The third-order valence-electron chi connectivity index (χ3n) is 5.42. The van der Waals surface area contributed by atoms with Crippen molar-refractivity contribution in [3.8, 4) is 0 Å². The van der Waals surface area contributed by atoms with Gasteiger partial charge in [-0.2, -0.15) is 13.2 Å². The number of aryl methyl sites for hydroxylation is 2. The third-order valence-corrected chi connectivity index (χ3v) is 5.66. The zero-order valence-corrected chi connectivity index (χ0v) is 19.4. The van der Waals surface area contributed by atoms with Gasteiger partial charge in [0.05, 0.1) is 0 Å². The Kier molecular flexibility index (Phi) is 8.15. The van der Waals surface area contributed by atoms with E-state index in [0.717, 1.165) is 6.07 Å². The number of anilines is 1. The molecule has 0 saturated heterocycles. The SMILES string of the molecule is CNC(=O)C(c1cccc(Cl)c1)N(CCCc1ccc(C(F)(F)F)nc1)c1ccc(F)c(C)c1. The van der Waals surface area contributed by atoms with Crippen LogP contribution in [0.15, 0.2) is 60.8 Å². The number of hydrogen-bond donors (Lipinski definition) is 1. The standard InChI is InChI=1S/C25H24ClF4N3O/c1-16-13-20(9-10-21(16)27)33(23(24(34)31-2)18-6-3-7-19(26)14-18)12-4-5-17-8-11-22(32-15-17)25(28,29)30/h3,6-11,13-15,23H,4-5,12H2,1-2H3,(H,31,34).